The van der Waals surface area contributed by atoms with E-state index in [2.05, 4.69) is 0 Å². The second-order valence-corrected chi connectivity index (χ2v) is 4.82. The number of carbonyl (C=O) groups is 1. The highest BCUT2D eigenvalue weighted by molar-refractivity contribution is 6.04. The minimum Gasteiger partial charge on any atom is -0.462 e. The van der Waals surface area contributed by atoms with E-state index in [9.17, 15) is 4.79 Å². The van der Waals surface area contributed by atoms with Gasteiger partial charge in [-0.3, -0.25) is 0 Å². The highest BCUT2D eigenvalue weighted by Crippen LogP contribution is 2.34. The Morgan fingerprint density at radius 2 is 1.86 bits per heavy atom. The van der Waals surface area contributed by atoms with Gasteiger partial charge in [0, 0.05) is 16.5 Å². The third-order valence-electron chi connectivity index (χ3n) is 3.50. The number of ether oxygens (including phenoxy) is 1. The van der Waals surface area contributed by atoms with Crippen LogP contribution >= 0.6 is 0 Å². The third kappa shape index (κ3) is 2.31. The van der Waals surface area contributed by atoms with Crippen molar-refractivity contribution in [3.63, 3.8) is 0 Å². The Labute approximate surface area is 123 Å². The zero-order valence-corrected chi connectivity index (χ0v) is 12.1. The quantitative estimate of drug-likeness (QED) is 0.659. The van der Waals surface area contributed by atoms with E-state index in [1.165, 1.54) is 0 Å². The molecule has 0 radical (unpaired) electrons. The van der Waals surface area contributed by atoms with E-state index in [0.717, 1.165) is 22.3 Å². The number of hydrogen-bond acceptors (Lipinski definition) is 3. The van der Waals surface area contributed by atoms with Crippen LogP contribution in [0.25, 0.3) is 22.3 Å². The molecule has 3 rings (SSSR count). The maximum atomic E-state index is 12.0. The predicted molar refractivity (Wildman–Crippen MR) is 82.3 cm³/mol. The SMILES string of the molecule is CCOC(=O)c1cccc2c(C)c(-c3ccccc3)oc12. The van der Waals surface area contributed by atoms with Gasteiger partial charge < -0.3 is 9.15 Å². The fraction of sp³-hybridized carbons (Fsp3) is 0.167. The molecule has 0 atom stereocenters. The Kier molecular flexibility index (Phi) is 3.48. The summed E-state index contributed by atoms with van der Waals surface area (Å²) in [6, 6.07) is 15.4. The number of esters is 1. The molecule has 106 valence electrons. The van der Waals surface area contributed by atoms with Crippen LogP contribution in [0.1, 0.15) is 22.8 Å². The molecule has 0 aliphatic heterocycles. The van der Waals surface area contributed by atoms with Gasteiger partial charge in [-0.25, -0.2) is 4.79 Å². The maximum Gasteiger partial charge on any atom is 0.341 e. The molecule has 0 fully saturated rings. The van der Waals surface area contributed by atoms with Gasteiger partial charge in [0.05, 0.1) is 6.61 Å². The largest absolute Gasteiger partial charge is 0.462 e. The van der Waals surface area contributed by atoms with Gasteiger partial charge in [-0.1, -0.05) is 42.5 Å². The van der Waals surface area contributed by atoms with Crippen LogP contribution in [0.3, 0.4) is 0 Å². The molecule has 3 heteroatoms. The predicted octanol–water partition coefficient (Wildman–Crippen LogP) is 4.58. The molecule has 0 bridgehead atoms. The molecule has 0 aliphatic carbocycles. The summed E-state index contributed by atoms with van der Waals surface area (Å²) in [7, 11) is 0. The van der Waals surface area contributed by atoms with Gasteiger partial charge in [0.2, 0.25) is 0 Å². The van der Waals surface area contributed by atoms with Crippen LogP contribution in [0.5, 0.6) is 0 Å². The van der Waals surface area contributed by atoms with Crippen molar-refractivity contribution in [2.45, 2.75) is 13.8 Å². The van der Waals surface area contributed by atoms with Crippen molar-refractivity contribution in [3.8, 4) is 11.3 Å². The normalized spacial score (nSPS) is 10.8. The van der Waals surface area contributed by atoms with E-state index in [4.69, 9.17) is 9.15 Å². The summed E-state index contributed by atoms with van der Waals surface area (Å²) in [5, 5.41) is 0.944. The summed E-state index contributed by atoms with van der Waals surface area (Å²) in [4.78, 5) is 12.0. The van der Waals surface area contributed by atoms with Crippen molar-refractivity contribution in [3.05, 3.63) is 59.7 Å². The molecule has 0 unspecified atom stereocenters. The van der Waals surface area contributed by atoms with Crippen molar-refractivity contribution in [1.29, 1.82) is 0 Å². The number of hydrogen-bond donors (Lipinski definition) is 0. The zero-order chi connectivity index (χ0) is 14.8. The number of carbonyl (C=O) groups excluding carboxylic acids is 1. The standard InChI is InChI=1S/C18H16O3/c1-3-20-18(19)15-11-7-10-14-12(2)16(21-17(14)15)13-8-5-4-6-9-13/h4-11H,3H2,1-2H3. The Morgan fingerprint density at radius 1 is 1.10 bits per heavy atom. The number of furan rings is 1. The van der Waals surface area contributed by atoms with Crippen LogP contribution in [0.15, 0.2) is 52.9 Å². The third-order valence-corrected chi connectivity index (χ3v) is 3.50. The molecule has 0 N–H and O–H groups in total. The molecule has 3 nitrogen and oxygen atoms in total. The van der Waals surface area contributed by atoms with Crippen molar-refractivity contribution in [2.24, 2.45) is 0 Å². The zero-order valence-electron chi connectivity index (χ0n) is 12.1. The summed E-state index contributed by atoms with van der Waals surface area (Å²) in [5.41, 5.74) is 3.09. The maximum absolute atomic E-state index is 12.0. The molecule has 2 aromatic carbocycles. The fourth-order valence-electron chi connectivity index (χ4n) is 2.48. The van der Waals surface area contributed by atoms with E-state index < -0.39 is 0 Å². The van der Waals surface area contributed by atoms with E-state index in [1.807, 2.05) is 49.4 Å². The number of rotatable bonds is 3. The number of fused-ring (bicyclic) bond motifs is 1. The molecular weight excluding hydrogens is 264 g/mol. The molecule has 0 spiro atoms. The first-order valence-corrected chi connectivity index (χ1v) is 6.97. The van der Waals surface area contributed by atoms with Crippen LogP contribution in [0, 0.1) is 6.92 Å². The lowest BCUT2D eigenvalue weighted by Crippen LogP contribution is -2.04. The lowest BCUT2D eigenvalue weighted by atomic mass is 10.1. The molecule has 0 saturated carbocycles. The van der Waals surface area contributed by atoms with E-state index >= 15 is 0 Å². The summed E-state index contributed by atoms with van der Waals surface area (Å²) in [6.07, 6.45) is 0. The van der Waals surface area contributed by atoms with Crippen molar-refractivity contribution in [2.75, 3.05) is 6.61 Å². The molecule has 3 aromatic rings. The molecule has 1 heterocycles. The van der Waals surface area contributed by atoms with E-state index in [0.29, 0.717) is 17.8 Å². The Balaban J connectivity index is 2.20. The highest BCUT2D eigenvalue weighted by atomic mass is 16.5. The first-order valence-electron chi connectivity index (χ1n) is 6.97. The second-order valence-electron chi connectivity index (χ2n) is 4.82. The summed E-state index contributed by atoms with van der Waals surface area (Å²) in [6.45, 7) is 4.14. The minimum atomic E-state index is -0.350. The molecule has 21 heavy (non-hydrogen) atoms. The van der Waals surface area contributed by atoms with E-state index in [-0.39, 0.29) is 5.97 Å². The Hall–Kier alpha value is -2.55. The van der Waals surface area contributed by atoms with Crippen LogP contribution < -0.4 is 0 Å². The smallest absolute Gasteiger partial charge is 0.341 e. The molecule has 0 amide bonds. The summed E-state index contributed by atoms with van der Waals surface area (Å²) >= 11 is 0. The monoisotopic (exact) mass is 280 g/mol. The number of aryl methyl sites for hydroxylation is 1. The molecule has 0 saturated heterocycles. The molecule has 1 aromatic heterocycles. The van der Waals surface area contributed by atoms with Gasteiger partial charge in [0.1, 0.15) is 16.9 Å². The molecule has 0 aliphatic rings. The second kappa shape index (κ2) is 5.44. The fourth-order valence-corrected chi connectivity index (χ4v) is 2.48. The Bertz CT molecular complexity index is 785. The minimum absolute atomic E-state index is 0.348. The van der Waals surface area contributed by atoms with Crippen LogP contribution in [-0.4, -0.2) is 12.6 Å². The van der Waals surface area contributed by atoms with Crippen molar-refractivity contribution in [1.82, 2.24) is 0 Å². The highest BCUT2D eigenvalue weighted by Gasteiger charge is 2.18. The lowest BCUT2D eigenvalue weighted by molar-refractivity contribution is 0.0527. The van der Waals surface area contributed by atoms with E-state index in [1.54, 1.807) is 13.0 Å². The first kappa shape index (κ1) is 13.4. The number of benzene rings is 2. The number of para-hydroxylation sites is 1. The summed E-state index contributed by atoms with van der Waals surface area (Å²) in [5.74, 6) is 0.443. The van der Waals surface area contributed by atoms with Gasteiger partial charge in [0.25, 0.3) is 0 Å². The topological polar surface area (TPSA) is 39.4 Å². The molecular formula is C18H16O3. The Morgan fingerprint density at radius 3 is 2.57 bits per heavy atom. The first-order chi connectivity index (χ1) is 10.2. The van der Waals surface area contributed by atoms with Crippen molar-refractivity contribution < 1.29 is 13.9 Å². The average molecular weight is 280 g/mol. The van der Waals surface area contributed by atoms with Gasteiger partial charge >= 0.3 is 5.97 Å². The summed E-state index contributed by atoms with van der Waals surface area (Å²) < 4.78 is 11.1. The lowest BCUT2D eigenvalue weighted by Gasteiger charge is -2.01. The van der Waals surface area contributed by atoms with Crippen LogP contribution in [0.2, 0.25) is 0 Å². The van der Waals surface area contributed by atoms with Crippen LogP contribution in [-0.2, 0) is 4.74 Å². The van der Waals surface area contributed by atoms with Gasteiger partial charge in [-0.2, -0.15) is 0 Å². The van der Waals surface area contributed by atoms with Crippen LogP contribution in [0.4, 0.5) is 0 Å². The van der Waals surface area contributed by atoms with Gasteiger partial charge in [-0.15, -0.1) is 0 Å². The van der Waals surface area contributed by atoms with Gasteiger partial charge in [-0.05, 0) is 19.9 Å². The van der Waals surface area contributed by atoms with Crippen molar-refractivity contribution >= 4 is 16.9 Å². The average Bonchev–Trinajstić information content (AvgIpc) is 2.86. The van der Waals surface area contributed by atoms with Gasteiger partial charge in [0.15, 0.2) is 0 Å².